The Morgan fingerprint density at radius 1 is 1.16 bits per heavy atom. The smallest absolute Gasteiger partial charge is 0.257 e. The summed E-state index contributed by atoms with van der Waals surface area (Å²) in [5, 5.41) is 0. The molecular formula is C19H21N3O3. The Bertz CT molecular complexity index is 743. The van der Waals surface area contributed by atoms with E-state index in [2.05, 4.69) is 4.98 Å². The lowest BCUT2D eigenvalue weighted by molar-refractivity contribution is -0.130. The minimum absolute atomic E-state index is 0.0148. The van der Waals surface area contributed by atoms with Gasteiger partial charge in [0.1, 0.15) is 11.5 Å². The number of amides is 2. The molecule has 1 aromatic heterocycles. The lowest BCUT2D eigenvalue weighted by atomic mass is 10.1. The SMILES string of the molecule is CN(CC(=O)N1CCCC1)C(=O)c1ccccc1Oc1cccnc1. The number of nitrogens with zero attached hydrogens (tertiary/aromatic N) is 3. The third-order valence-electron chi connectivity index (χ3n) is 4.16. The van der Waals surface area contributed by atoms with E-state index in [9.17, 15) is 9.59 Å². The van der Waals surface area contributed by atoms with Crippen LogP contribution in [0.25, 0.3) is 0 Å². The van der Waals surface area contributed by atoms with Crippen molar-refractivity contribution in [2.75, 3.05) is 26.7 Å². The molecule has 0 radical (unpaired) electrons. The summed E-state index contributed by atoms with van der Waals surface area (Å²) >= 11 is 0. The number of hydrogen-bond donors (Lipinski definition) is 0. The fraction of sp³-hybridized carbons (Fsp3) is 0.316. The first kappa shape index (κ1) is 17.0. The van der Waals surface area contributed by atoms with E-state index < -0.39 is 0 Å². The number of ether oxygens (including phenoxy) is 1. The van der Waals surface area contributed by atoms with Crippen LogP contribution in [-0.2, 0) is 4.79 Å². The molecule has 25 heavy (non-hydrogen) atoms. The van der Waals surface area contributed by atoms with Crippen molar-refractivity contribution in [1.82, 2.24) is 14.8 Å². The maximum atomic E-state index is 12.8. The molecule has 1 aliphatic rings. The highest BCUT2D eigenvalue weighted by molar-refractivity contribution is 5.98. The van der Waals surface area contributed by atoms with E-state index >= 15 is 0 Å². The number of hydrogen-bond acceptors (Lipinski definition) is 4. The minimum Gasteiger partial charge on any atom is -0.455 e. The lowest BCUT2D eigenvalue weighted by Crippen LogP contribution is -2.39. The largest absolute Gasteiger partial charge is 0.455 e. The van der Waals surface area contributed by atoms with Gasteiger partial charge in [0.15, 0.2) is 0 Å². The topological polar surface area (TPSA) is 62.7 Å². The number of pyridine rings is 1. The normalized spacial score (nSPS) is 13.6. The van der Waals surface area contributed by atoms with Crippen LogP contribution in [-0.4, -0.2) is 53.3 Å². The van der Waals surface area contributed by atoms with Gasteiger partial charge in [0.25, 0.3) is 5.91 Å². The van der Waals surface area contributed by atoms with E-state index in [0.717, 1.165) is 25.9 Å². The third-order valence-corrected chi connectivity index (χ3v) is 4.16. The first-order valence-corrected chi connectivity index (χ1v) is 8.35. The maximum absolute atomic E-state index is 12.8. The average molecular weight is 339 g/mol. The summed E-state index contributed by atoms with van der Waals surface area (Å²) in [4.78, 5) is 32.3. The summed E-state index contributed by atoms with van der Waals surface area (Å²) in [6.45, 7) is 1.63. The molecule has 0 bridgehead atoms. The van der Waals surface area contributed by atoms with Crippen LogP contribution in [0.1, 0.15) is 23.2 Å². The fourth-order valence-electron chi connectivity index (χ4n) is 2.81. The van der Waals surface area contributed by atoms with Gasteiger partial charge in [0.05, 0.1) is 18.3 Å². The highest BCUT2D eigenvalue weighted by Gasteiger charge is 2.23. The zero-order valence-electron chi connectivity index (χ0n) is 14.2. The van der Waals surface area contributed by atoms with Crippen molar-refractivity contribution < 1.29 is 14.3 Å². The van der Waals surface area contributed by atoms with E-state index in [-0.39, 0.29) is 18.4 Å². The number of rotatable bonds is 5. The summed E-state index contributed by atoms with van der Waals surface area (Å²) in [6.07, 6.45) is 5.31. The number of benzene rings is 1. The molecule has 0 spiro atoms. The Labute approximate surface area is 147 Å². The second kappa shape index (κ2) is 7.79. The predicted octanol–water partition coefficient (Wildman–Crippen LogP) is 2.57. The van der Waals surface area contributed by atoms with Crippen LogP contribution in [0.15, 0.2) is 48.8 Å². The number of aromatic nitrogens is 1. The molecule has 0 unspecified atom stereocenters. The van der Waals surface area contributed by atoms with Gasteiger partial charge in [0.2, 0.25) is 5.91 Å². The number of likely N-dealkylation sites (N-methyl/N-ethyl adjacent to an activating group) is 1. The summed E-state index contributed by atoms with van der Waals surface area (Å²) in [5.41, 5.74) is 0.420. The molecule has 1 fully saturated rings. The summed E-state index contributed by atoms with van der Waals surface area (Å²) in [5.74, 6) is 0.741. The van der Waals surface area contributed by atoms with Gasteiger partial charge in [-0.15, -0.1) is 0 Å². The molecule has 0 saturated carbocycles. The second-order valence-corrected chi connectivity index (χ2v) is 6.04. The maximum Gasteiger partial charge on any atom is 0.257 e. The predicted molar refractivity (Wildman–Crippen MR) is 93.5 cm³/mol. The monoisotopic (exact) mass is 339 g/mol. The molecular weight excluding hydrogens is 318 g/mol. The summed E-state index contributed by atoms with van der Waals surface area (Å²) < 4.78 is 5.78. The van der Waals surface area contributed by atoms with Crippen molar-refractivity contribution in [3.63, 3.8) is 0 Å². The van der Waals surface area contributed by atoms with Gasteiger partial charge < -0.3 is 14.5 Å². The second-order valence-electron chi connectivity index (χ2n) is 6.04. The van der Waals surface area contributed by atoms with Gasteiger partial charge in [0, 0.05) is 26.3 Å². The van der Waals surface area contributed by atoms with E-state index in [4.69, 9.17) is 4.74 Å². The molecule has 1 aromatic carbocycles. The quantitative estimate of drug-likeness (QED) is 0.840. The molecule has 0 atom stereocenters. The third kappa shape index (κ3) is 4.15. The van der Waals surface area contributed by atoms with E-state index in [1.807, 2.05) is 4.90 Å². The molecule has 2 heterocycles. The summed E-state index contributed by atoms with van der Waals surface area (Å²) in [7, 11) is 1.64. The van der Waals surface area contributed by atoms with Gasteiger partial charge >= 0.3 is 0 Å². The fourth-order valence-corrected chi connectivity index (χ4v) is 2.81. The standard InChI is InChI=1S/C19H21N3O3/c1-21(14-18(23)22-11-4-5-12-22)19(24)16-8-2-3-9-17(16)25-15-7-6-10-20-13-15/h2-3,6-10,13H,4-5,11-12,14H2,1H3. The Kier molecular flexibility index (Phi) is 5.28. The molecule has 1 saturated heterocycles. The number of carbonyl (C=O) groups is 2. The molecule has 0 aliphatic carbocycles. The van der Waals surface area contributed by atoms with Crippen molar-refractivity contribution in [3.8, 4) is 11.5 Å². The van der Waals surface area contributed by atoms with Gasteiger partial charge in [-0.25, -0.2) is 0 Å². The van der Waals surface area contributed by atoms with Crippen molar-refractivity contribution >= 4 is 11.8 Å². The molecule has 6 nitrogen and oxygen atoms in total. The summed E-state index contributed by atoms with van der Waals surface area (Å²) in [6, 6.07) is 10.5. The molecule has 0 N–H and O–H groups in total. The van der Waals surface area contributed by atoms with Gasteiger partial charge in [-0.2, -0.15) is 0 Å². The van der Waals surface area contributed by atoms with Gasteiger partial charge in [-0.3, -0.25) is 14.6 Å². The number of likely N-dealkylation sites (tertiary alicyclic amines) is 1. The molecule has 2 aromatic rings. The Morgan fingerprint density at radius 3 is 2.64 bits per heavy atom. The highest BCUT2D eigenvalue weighted by atomic mass is 16.5. The number of carbonyl (C=O) groups excluding carboxylic acids is 2. The average Bonchev–Trinajstić information content (AvgIpc) is 3.17. The van der Waals surface area contributed by atoms with Crippen LogP contribution < -0.4 is 4.74 Å². The van der Waals surface area contributed by atoms with Crippen LogP contribution in [0.4, 0.5) is 0 Å². The lowest BCUT2D eigenvalue weighted by Gasteiger charge is -2.22. The minimum atomic E-state index is -0.243. The van der Waals surface area contributed by atoms with Crippen molar-refractivity contribution in [2.45, 2.75) is 12.8 Å². The van der Waals surface area contributed by atoms with Gasteiger partial charge in [-0.05, 0) is 37.1 Å². The van der Waals surface area contributed by atoms with E-state index in [0.29, 0.717) is 17.1 Å². The zero-order chi connectivity index (χ0) is 17.6. The van der Waals surface area contributed by atoms with Gasteiger partial charge in [-0.1, -0.05) is 12.1 Å². The van der Waals surface area contributed by atoms with Crippen LogP contribution >= 0.6 is 0 Å². The van der Waals surface area contributed by atoms with Crippen molar-refractivity contribution in [3.05, 3.63) is 54.4 Å². The Hall–Kier alpha value is -2.89. The zero-order valence-corrected chi connectivity index (χ0v) is 14.2. The first-order valence-electron chi connectivity index (χ1n) is 8.35. The first-order chi connectivity index (χ1) is 12.1. The number of para-hydroxylation sites is 1. The van der Waals surface area contributed by atoms with Crippen LogP contribution in [0.2, 0.25) is 0 Å². The van der Waals surface area contributed by atoms with Crippen LogP contribution in [0.5, 0.6) is 11.5 Å². The Balaban J connectivity index is 1.72. The van der Waals surface area contributed by atoms with Crippen molar-refractivity contribution in [2.24, 2.45) is 0 Å². The van der Waals surface area contributed by atoms with Crippen LogP contribution in [0.3, 0.4) is 0 Å². The van der Waals surface area contributed by atoms with E-state index in [1.54, 1.807) is 55.8 Å². The van der Waals surface area contributed by atoms with E-state index in [1.165, 1.54) is 4.90 Å². The molecule has 2 amide bonds. The molecule has 6 heteroatoms. The molecule has 130 valence electrons. The molecule has 1 aliphatic heterocycles. The Morgan fingerprint density at radius 2 is 1.92 bits per heavy atom. The van der Waals surface area contributed by atoms with Crippen LogP contribution in [0, 0.1) is 0 Å². The van der Waals surface area contributed by atoms with Crippen molar-refractivity contribution in [1.29, 1.82) is 0 Å². The highest BCUT2D eigenvalue weighted by Crippen LogP contribution is 2.25. The molecule has 3 rings (SSSR count).